The zero-order valence-corrected chi connectivity index (χ0v) is 8.27. The number of hydrogen-bond acceptors (Lipinski definition) is 5. The van der Waals surface area contributed by atoms with Crippen LogP contribution < -0.4 is 15.2 Å². The second kappa shape index (κ2) is 3.95. The number of phenols is 1. The number of aromatic hydroxyl groups is 1. The molecule has 0 atom stereocenters. The zero-order valence-electron chi connectivity index (χ0n) is 8.27. The van der Waals surface area contributed by atoms with Gasteiger partial charge in [-0.25, -0.2) is 4.79 Å². The minimum atomic E-state index is -1.32. The first-order valence-corrected chi connectivity index (χ1v) is 3.99. The normalized spacial score (nSPS) is 9.73. The predicted molar refractivity (Wildman–Crippen MR) is 52.6 cm³/mol. The number of carbonyl (C=O) groups is 1. The molecule has 6 nitrogen and oxygen atoms in total. The molecule has 0 amide bonds. The molecule has 0 heterocycles. The van der Waals surface area contributed by atoms with Gasteiger partial charge in [-0.2, -0.15) is 0 Å². The minimum absolute atomic E-state index is 0.0372. The summed E-state index contributed by atoms with van der Waals surface area (Å²) in [6, 6.07) is 1.13. The third-order valence-electron chi connectivity index (χ3n) is 1.90. The van der Waals surface area contributed by atoms with Crippen LogP contribution in [0.1, 0.15) is 10.4 Å². The van der Waals surface area contributed by atoms with Crippen molar-refractivity contribution >= 4 is 11.7 Å². The molecule has 0 aliphatic rings. The van der Waals surface area contributed by atoms with Crippen molar-refractivity contribution < 1.29 is 24.5 Å². The lowest BCUT2D eigenvalue weighted by Crippen LogP contribution is -2.05. The van der Waals surface area contributed by atoms with Gasteiger partial charge in [0.2, 0.25) is 0 Å². The van der Waals surface area contributed by atoms with Gasteiger partial charge in [0.05, 0.1) is 14.2 Å². The zero-order chi connectivity index (χ0) is 11.6. The monoisotopic (exact) mass is 213 g/mol. The Morgan fingerprint density at radius 2 is 2.00 bits per heavy atom. The van der Waals surface area contributed by atoms with Gasteiger partial charge in [-0.05, 0) is 0 Å². The Morgan fingerprint density at radius 3 is 2.40 bits per heavy atom. The Balaban J connectivity index is 3.53. The molecule has 1 aromatic carbocycles. The van der Waals surface area contributed by atoms with E-state index in [4.69, 9.17) is 20.3 Å². The largest absolute Gasteiger partial charge is 0.507 e. The van der Waals surface area contributed by atoms with Crippen LogP contribution in [0.2, 0.25) is 0 Å². The number of benzene rings is 1. The van der Waals surface area contributed by atoms with Crippen LogP contribution >= 0.6 is 0 Å². The van der Waals surface area contributed by atoms with Gasteiger partial charge in [0.1, 0.15) is 22.7 Å². The van der Waals surface area contributed by atoms with E-state index in [1.807, 2.05) is 0 Å². The van der Waals surface area contributed by atoms with Gasteiger partial charge in [0.15, 0.2) is 5.75 Å². The molecule has 0 saturated carbocycles. The van der Waals surface area contributed by atoms with Crippen LogP contribution in [-0.4, -0.2) is 30.4 Å². The Hall–Kier alpha value is -2.11. The van der Waals surface area contributed by atoms with Gasteiger partial charge >= 0.3 is 5.97 Å². The van der Waals surface area contributed by atoms with Crippen LogP contribution in [0.4, 0.5) is 5.69 Å². The van der Waals surface area contributed by atoms with Gasteiger partial charge in [0, 0.05) is 6.07 Å². The molecule has 15 heavy (non-hydrogen) atoms. The second-order valence-corrected chi connectivity index (χ2v) is 2.73. The summed E-state index contributed by atoms with van der Waals surface area (Å²) in [4.78, 5) is 10.8. The number of carboxylic acids is 1. The highest BCUT2D eigenvalue weighted by molar-refractivity contribution is 5.97. The van der Waals surface area contributed by atoms with Crippen molar-refractivity contribution in [2.24, 2.45) is 0 Å². The Morgan fingerprint density at radius 1 is 1.40 bits per heavy atom. The SMILES string of the molecule is COc1cc(O)c(C(=O)O)c(OC)c1N. The van der Waals surface area contributed by atoms with Crippen LogP contribution in [0, 0.1) is 0 Å². The standard InChI is InChI=1S/C9H11NO5/c1-14-5-3-4(11)6(9(12)13)8(15-2)7(5)10/h3,11H,10H2,1-2H3,(H,12,13). The first-order valence-electron chi connectivity index (χ1n) is 3.99. The van der Waals surface area contributed by atoms with Crippen molar-refractivity contribution in [3.63, 3.8) is 0 Å². The van der Waals surface area contributed by atoms with E-state index >= 15 is 0 Å². The van der Waals surface area contributed by atoms with E-state index in [1.165, 1.54) is 14.2 Å². The summed E-state index contributed by atoms with van der Waals surface area (Å²) in [5.41, 5.74) is 5.25. The fraction of sp³-hybridized carbons (Fsp3) is 0.222. The number of rotatable bonds is 3. The predicted octanol–water partition coefficient (Wildman–Crippen LogP) is 0.690. The van der Waals surface area contributed by atoms with E-state index in [-0.39, 0.29) is 22.7 Å². The molecule has 0 aliphatic carbocycles. The number of methoxy groups -OCH3 is 2. The molecule has 0 bridgehead atoms. The number of aromatic carboxylic acids is 1. The molecule has 0 unspecified atom stereocenters. The molecular weight excluding hydrogens is 202 g/mol. The van der Waals surface area contributed by atoms with Gasteiger partial charge < -0.3 is 25.4 Å². The highest BCUT2D eigenvalue weighted by Crippen LogP contribution is 2.40. The maximum absolute atomic E-state index is 10.8. The average molecular weight is 213 g/mol. The third kappa shape index (κ3) is 1.74. The van der Waals surface area contributed by atoms with Crippen molar-refractivity contribution in [1.29, 1.82) is 0 Å². The van der Waals surface area contributed by atoms with Gasteiger partial charge in [-0.1, -0.05) is 0 Å². The summed E-state index contributed by atoms with van der Waals surface area (Å²) in [7, 11) is 2.61. The first kappa shape index (κ1) is 11.0. The summed E-state index contributed by atoms with van der Waals surface area (Å²) in [6.45, 7) is 0. The maximum Gasteiger partial charge on any atom is 0.343 e. The molecular formula is C9H11NO5. The fourth-order valence-corrected chi connectivity index (χ4v) is 1.22. The van der Waals surface area contributed by atoms with E-state index in [1.54, 1.807) is 0 Å². The van der Waals surface area contributed by atoms with E-state index in [0.717, 1.165) is 6.07 Å². The molecule has 1 aromatic rings. The highest BCUT2D eigenvalue weighted by Gasteiger charge is 2.22. The lowest BCUT2D eigenvalue weighted by Gasteiger charge is -2.13. The van der Waals surface area contributed by atoms with Crippen molar-refractivity contribution in [3.8, 4) is 17.2 Å². The Labute approximate surface area is 85.8 Å². The number of hydrogen-bond donors (Lipinski definition) is 3. The Bertz CT molecular complexity index is 402. The lowest BCUT2D eigenvalue weighted by atomic mass is 10.1. The second-order valence-electron chi connectivity index (χ2n) is 2.73. The number of nitrogens with two attached hydrogens (primary N) is 1. The maximum atomic E-state index is 10.8. The lowest BCUT2D eigenvalue weighted by molar-refractivity contribution is 0.0690. The van der Waals surface area contributed by atoms with Crippen molar-refractivity contribution in [1.82, 2.24) is 0 Å². The van der Waals surface area contributed by atoms with E-state index in [9.17, 15) is 9.90 Å². The third-order valence-corrected chi connectivity index (χ3v) is 1.90. The fourth-order valence-electron chi connectivity index (χ4n) is 1.22. The van der Waals surface area contributed by atoms with Crippen LogP contribution in [-0.2, 0) is 0 Å². The van der Waals surface area contributed by atoms with Gasteiger partial charge in [-0.3, -0.25) is 0 Å². The van der Waals surface area contributed by atoms with Crippen LogP contribution in [0.5, 0.6) is 17.2 Å². The van der Waals surface area contributed by atoms with Crippen LogP contribution in [0.3, 0.4) is 0 Å². The molecule has 0 aliphatic heterocycles. The summed E-state index contributed by atoms with van der Waals surface area (Å²) in [5.74, 6) is -1.72. The molecule has 0 fully saturated rings. The van der Waals surface area contributed by atoms with Crippen molar-refractivity contribution in [2.45, 2.75) is 0 Å². The van der Waals surface area contributed by atoms with Gasteiger partial charge in [0.25, 0.3) is 0 Å². The number of carboxylic acid groups (broad SMARTS) is 1. The molecule has 0 saturated heterocycles. The Kier molecular flexibility index (Phi) is 2.89. The van der Waals surface area contributed by atoms with E-state index in [2.05, 4.69) is 0 Å². The average Bonchev–Trinajstić information content (AvgIpc) is 2.19. The molecule has 0 radical (unpaired) electrons. The number of nitrogen functional groups attached to an aromatic ring is 1. The van der Waals surface area contributed by atoms with Crippen molar-refractivity contribution in [3.05, 3.63) is 11.6 Å². The quantitative estimate of drug-likeness (QED) is 0.504. The highest BCUT2D eigenvalue weighted by atomic mass is 16.5. The summed E-state index contributed by atoms with van der Waals surface area (Å²) in [6.07, 6.45) is 0. The minimum Gasteiger partial charge on any atom is -0.507 e. The van der Waals surface area contributed by atoms with E-state index < -0.39 is 11.7 Å². The first-order chi connectivity index (χ1) is 7.02. The molecule has 0 aromatic heterocycles. The summed E-state index contributed by atoms with van der Waals surface area (Å²) in [5, 5.41) is 18.3. The van der Waals surface area contributed by atoms with Crippen LogP contribution in [0.25, 0.3) is 0 Å². The smallest absolute Gasteiger partial charge is 0.343 e. The molecule has 6 heteroatoms. The molecule has 0 spiro atoms. The van der Waals surface area contributed by atoms with Crippen molar-refractivity contribution in [2.75, 3.05) is 20.0 Å². The van der Waals surface area contributed by atoms with Gasteiger partial charge in [-0.15, -0.1) is 0 Å². The molecule has 1 rings (SSSR count). The number of ether oxygens (including phenoxy) is 2. The van der Waals surface area contributed by atoms with E-state index in [0.29, 0.717) is 0 Å². The summed E-state index contributed by atoms with van der Waals surface area (Å²) < 4.78 is 9.66. The molecule has 4 N–H and O–H groups in total. The molecule has 82 valence electrons. The summed E-state index contributed by atoms with van der Waals surface area (Å²) >= 11 is 0. The van der Waals surface area contributed by atoms with Crippen LogP contribution in [0.15, 0.2) is 6.07 Å². The number of anilines is 1. The topological polar surface area (TPSA) is 102 Å².